The van der Waals surface area contributed by atoms with Crippen LogP contribution in [-0.4, -0.2) is 0 Å². The lowest BCUT2D eigenvalue weighted by atomic mass is 9.98. The fourth-order valence-electron chi connectivity index (χ4n) is 2.12. The zero-order chi connectivity index (χ0) is 7.56. The highest BCUT2D eigenvalue weighted by Gasteiger charge is 2.25. The first-order valence-corrected chi connectivity index (χ1v) is 4.37. The van der Waals surface area contributed by atoms with Crippen molar-refractivity contribution in [2.45, 2.75) is 33.6 Å². The van der Waals surface area contributed by atoms with Crippen LogP contribution in [0, 0.1) is 17.8 Å². The summed E-state index contributed by atoms with van der Waals surface area (Å²) in [5.74, 6) is 2.75. The second-order valence-corrected chi connectivity index (χ2v) is 3.74. The minimum Gasteiger partial charge on any atom is -0.0914 e. The Bertz CT molecular complexity index is 124. The van der Waals surface area contributed by atoms with Gasteiger partial charge in [-0.2, -0.15) is 0 Å². The third-order valence-electron chi connectivity index (χ3n) is 2.62. The van der Waals surface area contributed by atoms with Crippen molar-refractivity contribution < 1.29 is 0 Å². The summed E-state index contributed by atoms with van der Waals surface area (Å²) in [6.45, 7) is 6.85. The van der Waals surface area contributed by atoms with Crippen LogP contribution in [0.5, 0.6) is 0 Å². The fourth-order valence-corrected chi connectivity index (χ4v) is 2.12. The molecule has 10 heavy (non-hydrogen) atoms. The van der Waals surface area contributed by atoms with Gasteiger partial charge in [-0.3, -0.25) is 0 Å². The average molecular weight is 138 g/mol. The highest BCUT2D eigenvalue weighted by Crippen LogP contribution is 2.36. The number of allylic oxidation sites excluding steroid dienone is 2. The Morgan fingerprint density at radius 3 is 2.30 bits per heavy atom. The van der Waals surface area contributed by atoms with Crippen molar-refractivity contribution >= 4 is 0 Å². The molecule has 0 bridgehead atoms. The minimum absolute atomic E-state index is 0.875. The van der Waals surface area contributed by atoms with Gasteiger partial charge < -0.3 is 0 Å². The molecule has 0 N–H and O–H groups in total. The van der Waals surface area contributed by atoms with Gasteiger partial charge in [0.25, 0.3) is 0 Å². The monoisotopic (exact) mass is 138 g/mol. The SMILES string of the molecule is C/C=C/C1CC(C)CC1C. The van der Waals surface area contributed by atoms with Gasteiger partial charge in [-0.1, -0.05) is 26.0 Å². The summed E-state index contributed by atoms with van der Waals surface area (Å²) in [6.07, 6.45) is 7.40. The summed E-state index contributed by atoms with van der Waals surface area (Å²) in [5, 5.41) is 0. The zero-order valence-corrected chi connectivity index (χ0v) is 7.30. The van der Waals surface area contributed by atoms with E-state index in [1.807, 2.05) is 0 Å². The van der Waals surface area contributed by atoms with Crippen LogP contribution in [0.4, 0.5) is 0 Å². The summed E-state index contributed by atoms with van der Waals surface area (Å²) >= 11 is 0. The molecule has 0 aromatic carbocycles. The summed E-state index contributed by atoms with van der Waals surface area (Å²) in [7, 11) is 0. The molecule has 0 aromatic heterocycles. The summed E-state index contributed by atoms with van der Waals surface area (Å²) in [6, 6.07) is 0. The predicted molar refractivity (Wildman–Crippen MR) is 45.9 cm³/mol. The third kappa shape index (κ3) is 1.62. The Hall–Kier alpha value is -0.260. The van der Waals surface area contributed by atoms with E-state index in [0.717, 1.165) is 17.8 Å². The fraction of sp³-hybridized carbons (Fsp3) is 0.800. The largest absolute Gasteiger partial charge is 0.0914 e. The first kappa shape index (κ1) is 7.84. The van der Waals surface area contributed by atoms with Crippen LogP contribution in [0.1, 0.15) is 33.6 Å². The van der Waals surface area contributed by atoms with Crippen LogP contribution < -0.4 is 0 Å². The normalized spacial score (nSPS) is 41.3. The van der Waals surface area contributed by atoms with Crippen LogP contribution in [-0.2, 0) is 0 Å². The van der Waals surface area contributed by atoms with Crippen molar-refractivity contribution in [2.75, 3.05) is 0 Å². The number of hydrogen-bond acceptors (Lipinski definition) is 0. The quantitative estimate of drug-likeness (QED) is 0.488. The zero-order valence-electron chi connectivity index (χ0n) is 7.30. The lowest BCUT2D eigenvalue weighted by Crippen LogP contribution is -1.98. The maximum absolute atomic E-state index is 2.37. The molecule has 0 heterocycles. The van der Waals surface area contributed by atoms with E-state index in [0.29, 0.717) is 0 Å². The molecule has 0 nitrogen and oxygen atoms in total. The molecule has 0 aliphatic heterocycles. The van der Waals surface area contributed by atoms with Gasteiger partial charge in [0.2, 0.25) is 0 Å². The van der Waals surface area contributed by atoms with Crippen LogP contribution in [0.15, 0.2) is 12.2 Å². The number of hydrogen-bond donors (Lipinski definition) is 0. The van der Waals surface area contributed by atoms with Crippen LogP contribution in [0.3, 0.4) is 0 Å². The predicted octanol–water partition coefficient (Wildman–Crippen LogP) is 3.24. The van der Waals surface area contributed by atoms with E-state index in [2.05, 4.69) is 32.9 Å². The van der Waals surface area contributed by atoms with Gasteiger partial charge in [0.15, 0.2) is 0 Å². The van der Waals surface area contributed by atoms with E-state index in [1.165, 1.54) is 12.8 Å². The van der Waals surface area contributed by atoms with Gasteiger partial charge in [0.1, 0.15) is 0 Å². The van der Waals surface area contributed by atoms with Crippen molar-refractivity contribution in [3.8, 4) is 0 Å². The van der Waals surface area contributed by atoms with Gasteiger partial charge >= 0.3 is 0 Å². The summed E-state index contributed by atoms with van der Waals surface area (Å²) < 4.78 is 0. The maximum atomic E-state index is 2.37. The molecule has 0 amide bonds. The van der Waals surface area contributed by atoms with E-state index in [4.69, 9.17) is 0 Å². The molecule has 3 atom stereocenters. The Labute approximate surface area is 64.3 Å². The second kappa shape index (κ2) is 3.23. The molecular weight excluding hydrogens is 120 g/mol. The molecule has 1 aliphatic rings. The Balaban J connectivity index is 2.46. The minimum atomic E-state index is 0.875. The molecule has 0 heteroatoms. The molecule has 58 valence electrons. The van der Waals surface area contributed by atoms with E-state index >= 15 is 0 Å². The standard InChI is InChI=1S/C10H18/c1-4-5-10-7-8(2)6-9(10)3/h4-5,8-10H,6-7H2,1-3H3/b5-4+. The smallest absolute Gasteiger partial charge is 0.0205 e. The van der Waals surface area contributed by atoms with Crippen LogP contribution in [0.2, 0.25) is 0 Å². The highest BCUT2D eigenvalue weighted by atomic mass is 14.3. The van der Waals surface area contributed by atoms with Crippen molar-refractivity contribution in [2.24, 2.45) is 17.8 Å². The molecule has 1 rings (SSSR count). The van der Waals surface area contributed by atoms with Crippen LogP contribution in [0.25, 0.3) is 0 Å². The molecule has 1 saturated carbocycles. The first-order chi connectivity index (χ1) is 4.74. The lowest BCUT2D eigenvalue weighted by molar-refractivity contribution is 0.501. The number of rotatable bonds is 1. The Kier molecular flexibility index (Phi) is 2.53. The molecule has 0 spiro atoms. The molecule has 1 aliphatic carbocycles. The molecule has 0 radical (unpaired) electrons. The van der Waals surface area contributed by atoms with Crippen molar-refractivity contribution in [1.29, 1.82) is 0 Å². The topological polar surface area (TPSA) is 0 Å². The van der Waals surface area contributed by atoms with E-state index in [9.17, 15) is 0 Å². The summed E-state index contributed by atoms with van der Waals surface area (Å²) in [5.41, 5.74) is 0. The van der Waals surface area contributed by atoms with Gasteiger partial charge in [-0.25, -0.2) is 0 Å². The average Bonchev–Trinajstić information content (AvgIpc) is 2.13. The van der Waals surface area contributed by atoms with E-state index in [-0.39, 0.29) is 0 Å². The molecule has 3 unspecified atom stereocenters. The van der Waals surface area contributed by atoms with Crippen molar-refractivity contribution in [1.82, 2.24) is 0 Å². The molecule has 1 fully saturated rings. The molecule has 0 saturated heterocycles. The third-order valence-corrected chi connectivity index (χ3v) is 2.62. The van der Waals surface area contributed by atoms with Crippen molar-refractivity contribution in [3.05, 3.63) is 12.2 Å². The maximum Gasteiger partial charge on any atom is -0.0205 e. The Morgan fingerprint density at radius 1 is 1.20 bits per heavy atom. The van der Waals surface area contributed by atoms with Gasteiger partial charge in [-0.15, -0.1) is 0 Å². The Morgan fingerprint density at radius 2 is 1.90 bits per heavy atom. The van der Waals surface area contributed by atoms with Gasteiger partial charge in [0.05, 0.1) is 0 Å². The first-order valence-electron chi connectivity index (χ1n) is 4.37. The van der Waals surface area contributed by atoms with Crippen LogP contribution >= 0.6 is 0 Å². The van der Waals surface area contributed by atoms with E-state index in [1.54, 1.807) is 0 Å². The molecular formula is C10H18. The van der Waals surface area contributed by atoms with Gasteiger partial charge in [0, 0.05) is 0 Å². The van der Waals surface area contributed by atoms with Crippen molar-refractivity contribution in [3.63, 3.8) is 0 Å². The highest BCUT2D eigenvalue weighted by molar-refractivity contribution is 4.93. The lowest BCUT2D eigenvalue weighted by Gasteiger charge is -2.07. The second-order valence-electron chi connectivity index (χ2n) is 3.74. The van der Waals surface area contributed by atoms with E-state index < -0.39 is 0 Å². The van der Waals surface area contributed by atoms with Gasteiger partial charge in [-0.05, 0) is 37.5 Å². The molecule has 0 aromatic rings. The summed E-state index contributed by atoms with van der Waals surface area (Å²) in [4.78, 5) is 0.